The molecule has 116 valence electrons. The number of rotatable bonds is 5. The van der Waals surface area contributed by atoms with E-state index in [0.717, 1.165) is 5.56 Å². The van der Waals surface area contributed by atoms with Gasteiger partial charge in [-0.15, -0.1) is 0 Å². The zero-order valence-electron chi connectivity index (χ0n) is 12.5. The topological polar surface area (TPSA) is 35.5 Å². The molecule has 0 heterocycles. The molecule has 1 atom stereocenters. The number of Topliss-reactive ketones (excluding diaryl/α,β-unsaturated/α-hetero) is 1. The maximum atomic E-state index is 12.2. The normalized spacial score (nSPS) is 11.9. The van der Waals surface area contributed by atoms with Crippen LogP contribution in [0.3, 0.4) is 0 Å². The zero-order valence-corrected chi connectivity index (χ0v) is 14.0. The Bertz CT molecular complexity index is 681. The minimum atomic E-state index is -0.482. The largest absolute Gasteiger partial charge is 0.493 e. The fourth-order valence-electron chi connectivity index (χ4n) is 2.42. The van der Waals surface area contributed by atoms with Crippen molar-refractivity contribution in [3.05, 3.63) is 57.6 Å². The Balaban J connectivity index is 2.59. The van der Waals surface area contributed by atoms with E-state index in [2.05, 4.69) is 0 Å². The highest BCUT2D eigenvalue weighted by molar-refractivity contribution is 6.33. The molecule has 0 spiro atoms. The molecule has 0 fully saturated rings. The summed E-state index contributed by atoms with van der Waals surface area (Å²) in [6.45, 7) is 1.53. The molecule has 2 aromatic rings. The van der Waals surface area contributed by atoms with Crippen molar-refractivity contribution in [2.45, 2.75) is 12.8 Å². The lowest BCUT2D eigenvalue weighted by atomic mass is 9.88. The summed E-state index contributed by atoms with van der Waals surface area (Å²) in [7, 11) is 3.05. The van der Waals surface area contributed by atoms with E-state index in [1.165, 1.54) is 21.1 Å². The molecule has 0 amide bonds. The summed E-state index contributed by atoms with van der Waals surface area (Å²) >= 11 is 12.3. The van der Waals surface area contributed by atoms with Crippen LogP contribution in [0.1, 0.15) is 24.0 Å². The monoisotopic (exact) mass is 338 g/mol. The van der Waals surface area contributed by atoms with Gasteiger partial charge >= 0.3 is 0 Å². The van der Waals surface area contributed by atoms with Gasteiger partial charge in [0.25, 0.3) is 0 Å². The summed E-state index contributed by atoms with van der Waals surface area (Å²) in [4.78, 5) is 12.2. The summed E-state index contributed by atoms with van der Waals surface area (Å²) in [6.07, 6.45) is 0. The lowest BCUT2D eigenvalue weighted by Gasteiger charge is -2.19. The van der Waals surface area contributed by atoms with Crippen molar-refractivity contribution in [1.29, 1.82) is 0 Å². The average Bonchev–Trinajstić information content (AvgIpc) is 2.50. The molecule has 0 bridgehead atoms. The van der Waals surface area contributed by atoms with Crippen molar-refractivity contribution in [3.8, 4) is 11.5 Å². The zero-order chi connectivity index (χ0) is 16.3. The Labute approximate surface area is 139 Å². The highest BCUT2D eigenvalue weighted by atomic mass is 35.5. The van der Waals surface area contributed by atoms with Gasteiger partial charge < -0.3 is 9.47 Å². The Morgan fingerprint density at radius 2 is 1.64 bits per heavy atom. The van der Waals surface area contributed by atoms with E-state index in [1.54, 1.807) is 24.3 Å². The number of carbonyl (C=O) groups is 1. The fraction of sp³-hybridized carbons (Fsp3) is 0.235. The van der Waals surface area contributed by atoms with Crippen molar-refractivity contribution in [2.24, 2.45) is 0 Å². The van der Waals surface area contributed by atoms with E-state index in [0.29, 0.717) is 27.1 Å². The molecule has 0 saturated carbocycles. The summed E-state index contributed by atoms with van der Waals surface area (Å²) in [6, 6.07) is 10.7. The number of benzene rings is 2. The molecule has 1 unspecified atom stereocenters. The van der Waals surface area contributed by atoms with Crippen LogP contribution in [0.4, 0.5) is 0 Å². The van der Waals surface area contributed by atoms with Crippen LogP contribution in [0.5, 0.6) is 11.5 Å². The molecule has 0 saturated heterocycles. The second kappa shape index (κ2) is 7.03. The predicted octanol–water partition coefficient (Wildman–Crippen LogP) is 4.73. The van der Waals surface area contributed by atoms with Crippen molar-refractivity contribution >= 4 is 29.0 Å². The lowest BCUT2D eigenvalue weighted by molar-refractivity contribution is -0.117. The number of ether oxygens (including phenoxy) is 2. The van der Waals surface area contributed by atoms with Gasteiger partial charge in [-0.1, -0.05) is 41.4 Å². The number of hydrogen-bond acceptors (Lipinski definition) is 3. The molecule has 2 rings (SSSR count). The number of ketones is 1. The SMILES string of the molecule is COc1ccc(C(C(C)=O)c2ccc(Cl)cc2)c(Cl)c1OC. The second-order valence-corrected chi connectivity index (χ2v) is 5.61. The minimum absolute atomic E-state index is 0.0172. The maximum absolute atomic E-state index is 12.2. The molecule has 22 heavy (non-hydrogen) atoms. The van der Waals surface area contributed by atoms with Gasteiger partial charge in [-0.3, -0.25) is 4.79 Å². The van der Waals surface area contributed by atoms with Crippen LogP contribution in [0, 0.1) is 0 Å². The average molecular weight is 339 g/mol. The van der Waals surface area contributed by atoms with E-state index in [1.807, 2.05) is 12.1 Å². The third-order valence-corrected chi connectivity index (χ3v) is 4.08. The van der Waals surface area contributed by atoms with Gasteiger partial charge in [0.1, 0.15) is 5.78 Å². The van der Waals surface area contributed by atoms with E-state index in [4.69, 9.17) is 32.7 Å². The number of methoxy groups -OCH3 is 2. The summed E-state index contributed by atoms with van der Waals surface area (Å²) in [5.41, 5.74) is 1.50. The van der Waals surface area contributed by atoms with Crippen molar-refractivity contribution in [3.63, 3.8) is 0 Å². The van der Waals surface area contributed by atoms with Crippen LogP contribution in [0.15, 0.2) is 36.4 Å². The first-order valence-corrected chi connectivity index (χ1v) is 7.41. The highest BCUT2D eigenvalue weighted by Gasteiger charge is 2.25. The molecule has 0 aliphatic heterocycles. The van der Waals surface area contributed by atoms with Crippen LogP contribution in [-0.4, -0.2) is 20.0 Å². The molecule has 0 aromatic heterocycles. The highest BCUT2D eigenvalue weighted by Crippen LogP contribution is 2.42. The van der Waals surface area contributed by atoms with Gasteiger partial charge in [-0.2, -0.15) is 0 Å². The Hall–Kier alpha value is -1.71. The minimum Gasteiger partial charge on any atom is -0.493 e. The molecule has 2 aromatic carbocycles. The summed E-state index contributed by atoms with van der Waals surface area (Å²) in [5, 5.41) is 0.987. The van der Waals surface area contributed by atoms with E-state index >= 15 is 0 Å². The van der Waals surface area contributed by atoms with E-state index < -0.39 is 5.92 Å². The van der Waals surface area contributed by atoms with Crippen molar-refractivity contribution < 1.29 is 14.3 Å². The number of hydrogen-bond donors (Lipinski definition) is 0. The van der Waals surface area contributed by atoms with Crippen LogP contribution in [-0.2, 0) is 4.79 Å². The molecule has 0 N–H and O–H groups in total. The summed E-state index contributed by atoms with van der Waals surface area (Å²) in [5.74, 6) is 0.442. The van der Waals surface area contributed by atoms with Crippen molar-refractivity contribution in [1.82, 2.24) is 0 Å². The van der Waals surface area contributed by atoms with Crippen LogP contribution in [0.25, 0.3) is 0 Å². The quantitative estimate of drug-likeness (QED) is 0.790. The van der Waals surface area contributed by atoms with E-state index in [-0.39, 0.29) is 5.78 Å². The maximum Gasteiger partial charge on any atom is 0.179 e. The van der Waals surface area contributed by atoms with Gasteiger partial charge in [0.05, 0.1) is 25.2 Å². The number of carbonyl (C=O) groups excluding carboxylic acids is 1. The van der Waals surface area contributed by atoms with Crippen LogP contribution < -0.4 is 9.47 Å². The van der Waals surface area contributed by atoms with Crippen molar-refractivity contribution in [2.75, 3.05) is 14.2 Å². The van der Waals surface area contributed by atoms with Gasteiger partial charge in [0.15, 0.2) is 11.5 Å². The Kier molecular flexibility index (Phi) is 5.33. The Morgan fingerprint density at radius 3 is 2.14 bits per heavy atom. The molecule has 3 nitrogen and oxygen atoms in total. The molecular formula is C17H16Cl2O3. The van der Waals surface area contributed by atoms with Gasteiger partial charge in [-0.05, 0) is 36.2 Å². The van der Waals surface area contributed by atoms with Gasteiger partial charge in [0, 0.05) is 5.02 Å². The molecule has 0 aliphatic carbocycles. The molecule has 0 radical (unpaired) electrons. The van der Waals surface area contributed by atoms with Gasteiger partial charge in [0.2, 0.25) is 0 Å². The first-order valence-electron chi connectivity index (χ1n) is 6.65. The third-order valence-electron chi connectivity index (χ3n) is 3.44. The third kappa shape index (κ3) is 3.21. The molecule has 5 heteroatoms. The lowest BCUT2D eigenvalue weighted by Crippen LogP contribution is -2.11. The molecular weight excluding hydrogens is 323 g/mol. The first-order chi connectivity index (χ1) is 10.5. The molecule has 0 aliphatic rings. The predicted molar refractivity (Wildman–Crippen MR) is 88.5 cm³/mol. The van der Waals surface area contributed by atoms with Crippen LogP contribution in [0.2, 0.25) is 10.0 Å². The fourth-order valence-corrected chi connectivity index (χ4v) is 2.88. The first kappa shape index (κ1) is 16.7. The number of halogens is 2. The second-order valence-electron chi connectivity index (χ2n) is 4.80. The smallest absolute Gasteiger partial charge is 0.179 e. The van der Waals surface area contributed by atoms with Crippen LogP contribution >= 0.6 is 23.2 Å². The standard InChI is InChI=1S/C17H16Cl2O3/c1-10(20)15(11-4-6-12(18)7-5-11)13-8-9-14(21-2)17(22-3)16(13)19/h4-9,15H,1-3H3. The van der Waals surface area contributed by atoms with E-state index in [9.17, 15) is 4.79 Å². The van der Waals surface area contributed by atoms with Gasteiger partial charge in [-0.25, -0.2) is 0 Å². The summed E-state index contributed by atoms with van der Waals surface area (Å²) < 4.78 is 10.5. The Morgan fingerprint density at radius 1 is 1.00 bits per heavy atom.